The van der Waals surface area contributed by atoms with Gasteiger partial charge in [0, 0.05) is 19.3 Å². The second-order valence-electron chi connectivity index (χ2n) is 21.2. The third-order valence-corrected chi connectivity index (χ3v) is 14.7. The molecule has 3 atom stereocenters. The molecule has 2 N–H and O–H groups in total. The fraction of sp³-hybridized carbons (Fsp3) is 0.828. The highest BCUT2D eigenvalue weighted by Crippen LogP contribution is 2.43. The Balaban J connectivity index is 4.70. The maximum absolute atomic E-state index is 12.9. The average Bonchev–Trinajstić information content (AvgIpc) is 3.41. The van der Waals surface area contributed by atoms with E-state index in [4.69, 9.17) is 23.3 Å². The van der Waals surface area contributed by atoms with Crippen LogP contribution >= 0.6 is 7.82 Å². The van der Waals surface area contributed by atoms with Crippen LogP contribution in [-0.4, -0.2) is 66.5 Å². The van der Waals surface area contributed by atoms with E-state index in [9.17, 15) is 28.9 Å². The van der Waals surface area contributed by atoms with Crippen molar-refractivity contribution < 1.29 is 52.2 Å². The van der Waals surface area contributed by atoms with Gasteiger partial charge in [0.1, 0.15) is 12.7 Å². The van der Waals surface area contributed by atoms with Gasteiger partial charge in [-0.1, -0.05) is 275 Å². The number of carbonyl (C=O) groups excluding carboxylic acids is 3. The maximum atomic E-state index is 12.9. The lowest BCUT2D eigenvalue weighted by Crippen LogP contribution is -2.30. The van der Waals surface area contributed by atoms with Gasteiger partial charge < -0.3 is 24.2 Å². The van der Waals surface area contributed by atoms with Crippen LogP contribution in [0.1, 0.15) is 303 Å². The second kappa shape index (κ2) is 58.6. The number of esters is 3. The summed E-state index contributed by atoms with van der Waals surface area (Å²) in [7, 11) is -4.75. The predicted octanol–water partition coefficient (Wildman–Crippen LogP) is 18.9. The Hall–Kier alpha value is -2.56. The Bertz CT molecular complexity index is 1460. The van der Waals surface area contributed by atoms with Crippen LogP contribution in [0.4, 0.5) is 0 Å². The van der Waals surface area contributed by atoms with E-state index in [1.807, 2.05) is 0 Å². The standard InChI is InChI=1S/C64H117O11P/c1-4-7-10-13-16-19-22-25-28-29-30-31-34-37-40-43-46-49-52-55-64(68)75-61(57-71-62(66)53-50-47-44-41-38-35-32-26-23-20-17-14-11-8-5-2)59-73-76(69,70)72-58-60(56-65)74-63(67)54-51-48-45-42-39-36-33-27-24-21-18-15-12-9-6-3/h7,10,16,19,25,28,30-31,60-61,65H,4-6,8-9,11-15,17-18,20-24,26-27,29,32-59H2,1-3H3,(H,69,70)/b10-7-,19-16-,28-25-,31-30-. The van der Waals surface area contributed by atoms with Crippen LogP contribution in [0.3, 0.4) is 0 Å². The van der Waals surface area contributed by atoms with E-state index in [1.54, 1.807) is 0 Å². The number of aliphatic hydroxyl groups excluding tert-OH is 1. The van der Waals surface area contributed by atoms with Gasteiger partial charge in [-0.3, -0.25) is 23.4 Å². The van der Waals surface area contributed by atoms with Crippen LogP contribution in [0.5, 0.6) is 0 Å². The molecular formula is C64H117O11P. The number of hydrogen-bond donors (Lipinski definition) is 2. The lowest BCUT2D eigenvalue weighted by atomic mass is 10.0. The number of aliphatic hydroxyl groups is 1. The van der Waals surface area contributed by atoms with Crippen molar-refractivity contribution in [3.8, 4) is 0 Å². The summed E-state index contributed by atoms with van der Waals surface area (Å²) < 4.78 is 39.7. The summed E-state index contributed by atoms with van der Waals surface area (Å²) in [6.07, 6.45) is 63.4. The van der Waals surface area contributed by atoms with Crippen molar-refractivity contribution in [2.75, 3.05) is 26.4 Å². The van der Waals surface area contributed by atoms with Crippen molar-refractivity contribution in [2.24, 2.45) is 0 Å². The summed E-state index contributed by atoms with van der Waals surface area (Å²) in [4.78, 5) is 48.7. The van der Waals surface area contributed by atoms with Gasteiger partial charge in [0.05, 0.1) is 19.8 Å². The van der Waals surface area contributed by atoms with Crippen molar-refractivity contribution in [1.29, 1.82) is 0 Å². The van der Waals surface area contributed by atoms with Crippen LogP contribution in [0.2, 0.25) is 0 Å². The monoisotopic (exact) mass is 1090 g/mol. The van der Waals surface area contributed by atoms with Crippen LogP contribution < -0.4 is 0 Å². The van der Waals surface area contributed by atoms with E-state index in [0.717, 1.165) is 103 Å². The first kappa shape index (κ1) is 73.4. The Morgan fingerprint density at radius 2 is 0.684 bits per heavy atom. The van der Waals surface area contributed by atoms with E-state index < -0.39 is 57.8 Å². The summed E-state index contributed by atoms with van der Waals surface area (Å²) in [5.74, 6) is -1.46. The Labute approximate surface area is 466 Å². The first-order valence-corrected chi connectivity index (χ1v) is 33.0. The summed E-state index contributed by atoms with van der Waals surface area (Å²) in [5, 5.41) is 9.84. The molecular weight excluding hydrogens is 976 g/mol. The van der Waals surface area contributed by atoms with Crippen molar-refractivity contribution in [2.45, 2.75) is 315 Å². The normalized spacial score (nSPS) is 13.6. The number of phosphoric ester groups is 1. The van der Waals surface area contributed by atoms with Crippen LogP contribution in [0.15, 0.2) is 48.6 Å². The van der Waals surface area contributed by atoms with E-state index in [0.29, 0.717) is 19.3 Å². The molecule has 0 aromatic heterocycles. The summed E-state index contributed by atoms with van der Waals surface area (Å²) in [6.45, 7) is 4.58. The fourth-order valence-electron chi connectivity index (χ4n) is 9.00. The van der Waals surface area contributed by atoms with E-state index >= 15 is 0 Å². The number of hydrogen-bond acceptors (Lipinski definition) is 10. The molecule has 0 saturated heterocycles. The molecule has 0 aliphatic carbocycles. The minimum atomic E-state index is -4.75. The fourth-order valence-corrected chi connectivity index (χ4v) is 9.78. The molecule has 0 fully saturated rings. The zero-order valence-electron chi connectivity index (χ0n) is 49.2. The molecule has 0 spiro atoms. The third kappa shape index (κ3) is 56.2. The molecule has 0 heterocycles. The van der Waals surface area contributed by atoms with Crippen LogP contribution in [0.25, 0.3) is 0 Å². The van der Waals surface area contributed by atoms with Gasteiger partial charge in [0.2, 0.25) is 0 Å². The molecule has 0 saturated carbocycles. The van der Waals surface area contributed by atoms with Crippen LogP contribution in [-0.2, 0) is 42.2 Å². The second-order valence-corrected chi connectivity index (χ2v) is 22.7. The summed E-state index contributed by atoms with van der Waals surface area (Å²) in [5.41, 5.74) is 0. The molecule has 76 heavy (non-hydrogen) atoms. The minimum Gasteiger partial charge on any atom is -0.462 e. The SMILES string of the molecule is CC/C=C\C/C=C\C/C=C\C/C=C\CCCCCCCCC(=O)OC(COC(=O)CCCCCCCCCCCCCCCCC)COP(=O)(O)OCC(CO)OC(=O)CCCCCCCCCCCCCCCCC. The van der Waals surface area contributed by atoms with E-state index in [1.165, 1.54) is 141 Å². The lowest BCUT2D eigenvalue weighted by Gasteiger charge is -2.21. The van der Waals surface area contributed by atoms with Crippen molar-refractivity contribution >= 4 is 25.7 Å². The van der Waals surface area contributed by atoms with E-state index in [2.05, 4.69) is 69.4 Å². The third-order valence-electron chi connectivity index (χ3n) is 13.8. The molecule has 0 aliphatic heterocycles. The van der Waals surface area contributed by atoms with Crippen molar-refractivity contribution in [3.05, 3.63) is 48.6 Å². The maximum Gasteiger partial charge on any atom is 0.472 e. The molecule has 0 aliphatic rings. The van der Waals surface area contributed by atoms with Gasteiger partial charge in [-0.05, 0) is 57.8 Å². The van der Waals surface area contributed by atoms with Gasteiger partial charge in [-0.2, -0.15) is 0 Å². The topological polar surface area (TPSA) is 155 Å². The number of allylic oxidation sites excluding steroid dienone is 8. The van der Waals surface area contributed by atoms with Gasteiger partial charge in [-0.25, -0.2) is 4.57 Å². The van der Waals surface area contributed by atoms with Crippen molar-refractivity contribution in [3.63, 3.8) is 0 Å². The van der Waals surface area contributed by atoms with Gasteiger partial charge in [0.25, 0.3) is 0 Å². The number of phosphoric acid groups is 1. The van der Waals surface area contributed by atoms with Gasteiger partial charge >= 0.3 is 25.7 Å². The van der Waals surface area contributed by atoms with Gasteiger partial charge in [0.15, 0.2) is 6.10 Å². The zero-order chi connectivity index (χ0) is 55.5. The molecule has 444 valence electrons. The number of carbonyl (C=O) groups is 3. The average molecular weight is 1090 g/mol. The molecule has 0 amide bonds. The largest absolute Gasteiger partial charge is 0.472 e. The first-order valence-electron chi connectivity index (χ1n) is 31.5. The molecule has 0 rings (SSSR count). The predicted molar refractivity (Wildman–Crippen MR) is 316 cm³/mol. The molecule has 11 nitrogen and oxygen atoms in total. The number of unbranched alkanes of at least 4 members (excludes halogenated alkanes) is 34. The first-order chi connectivity index (χ1) is 37.2. The summed E-state index contributed by atoms with van der Waals surface area (Å²) in [6, 6.07) is 0. The molecule has 12 heteroatoms. The quantitative estimate of drug-likeness (QED) is 0.0197. The Morgan fingerprint density at radius 1 is 0.382 bits per heavy atom. The summed E-state index contributed by atoms with van der Waals surface area (Å²) >= 11 is 0. The highest BCUT2D eigenvalue weighted by molar-refractivity contribution is 7.47. The minimum absolute atomic E-state index is 0.155. The van der Waals surface area contributed by atoms with Gasteiger partial charge in [-0.15, -0.1) is 0 Å². The van der Waals surface area contributed by atoms with Crippen molar-refractivity contribution in [1.82, 2.24) is 0 Å². The lowest BCUT2D eigenvalue weighted by molar-refractivity contribution is -0.161. The highest BCUT2D eigenvalue weighted by atomic mass is 31.2. The number of rotatable bonds is 59. The Kier molecular flexibility index (Phi) is 56.6. The molecule has 0 radical (unpaired) electrons. The molecule has 0 bridgehead atoms. The van der Waals surface area contributed by atoms with E-state index in [-0.39, 0.29) is 25.9 Å². The van der Waals surface area contributed by atoms with Crippen LogP contribution in [0, 0.1) is 0 Å². The number of ether oxygens (including phenoxy) is 3. The smallest absolute Gasteiger partial charge is 0.462 e. The molecule has 0 aromatic carbocycles. The highest BCUT2D eigenvalue weighted by Gasteiger charge is 2.28. The molecule has 3 unspecified atom stereocenters. The molecule has 0 aromatic rings. The Morgan fingerprint density at radius 3 is 1.05 bits per heavy atom. The zero-order valence-corrected chi connectivity index (χ0v) is 50.1.